The Morgan fingerprint density at radius 2 is 1.90 bits per heavy atom. The maximum Gasteiger partial charge on any atom is 0.115 e. The van der Waals surface area contributed by atoms with Crippen molar-refractivity contribution in [3.05, 3.63) is 29.8 Å². The lowest BCUT2D eigenvalue weighted by molar-refractivity contribution is -0.00977. The molecule has 3 nitrogen and oxygen atoms in total. The SMILES string of the molecule is CCC(c1ccc(O)cc1)N1CCNCC12CCCCC2. The first kappa shape index (κ1) is 14.9. The van der Waals surface area contributed by atoms with Gasteiger partial charge in [-0.1, -0.05) is 38.3 Å². The first-order valence-electron chi connectivity index (χ1n) is 8.51. The zero-order chi connectivity index (χ0) is 14.7. The minimum atomic E-state index is 0.356. The van der Waals surface area contributed by atoms with Crippen LogP contribution in [0.25, 0.3) is 0 Å². The molecule has 1 heterocycles. The zero-order valence-corrected chi connectivity index (χ0v) is 13.1. The number of benzene rings is 1. The number of phenols is 1. The molecule has 1 aromatic rings. The maximum absolute atomic E-state index is 9.54. The minimum Gasteiger partial charge on any atom is -0.508 e. The highest BCUT2D eigenvalue weighted by Crippen LogP contribution is 2.40. The molecule has 2 N–H and O–H groups in total. The molecule has 1 saturated heterocycles. The van der Waals surface area contributed by atoms with Gasteiger partial charge < -0.3 is 10.4 Å². The molecule has 3 rings (SSSR count). The van der Waals surface area contributed by atoms with Crippen LogP contribution in [0.5, 0.6) is 5.75 Å². The summed E-state index contributed by atoms with van der Waals surface area (Å²) in [6.07, 6.45) is 7.91. The van der Waals surface area contributed by atoms with E-state index >= 15 is 0 Å². The second-order valence-corrected chi connectivity index (χ2v) is 6.67. The van der Waals surface area contributed by atoms with E-state index in [-0.39, 0.29) is 0 Å². The summed E-state index contributed by atoms with van der Waals surface area (Å²) in [4.78, 5) is 2.77. The molecule has 0 aromatic heterocycles. The van der Waals surface area contributed by atoms with Crippen LogP contribution in [0.15, 0.2) is 24.3 Å². The molecule has 0 amide bonds. The zero-order valence-electron chi connectivity index (χ0n) is 13.1. The number of phenolic OH excluding ortho intramolecular Hbond substituents is 1. The smallest absolute Gasteiger partial charge is 0.115 e. The van der Waals surface area contributed by atoms with Crippen LogP contribution in [0.2, 0.25) is 0 Å². The Morgan fingerprint density at radius 1 is 1.19 bits per heavy atom. The fourth-order valence-corrected chi connectivity index (χ4v) is 4.35. The van der Waals surface area contributed by atoms with Gasteiger partial charge in [0.15, 0.2) is 0 Å². The Kier molecular flexibility index (Phi) is 4.51. The standard InChI is InChI=1S/C18H28N2O/c1-2-17(15-6-8-16(21)9-7-15)20-13-12-19-14-18(20)10-4-3-5-11-18/h6-9,17,19,21H,2-5,10-14H2,1H3. The topological polar surface area (TPSA) is 35.5 Å². The first-order valence-corrected chi connectivity index (χ1v) is 8.51. The van der Waals surface area contributed by atoms with Gasteiger partial charge in [-0.2, -0.15) is 0 Å². The van der Waals surface area contributed by atoms with Crippen LogP contribution in [0.3, 0.4) is 0 Å². The predicted molar refractivity (Wildman–Crippen MR) is 86.5 cm³/mol. The third kappa shape index (κ3) is 2.95. The lowest BCUT2D eigenvalue weighted by Gasteiger charge is -2.53. The molecule has 0 radical (unpaired) electrons. The fraction of sp³-hybridized carbons (Fsp3) is 0.667. The monoisotopic (exact) mass is 288 g/mol. The molecule has 0 bridgehead atoms. The van der Waals surface area contributed by atoms with Gasteiger partial charge in [-0.15, -0.1) is 0 Å². The van der Waals surface area contributed by atoms with Gasteiger partial charge >= 0.3 is 0 Å². The summed E-state index contributed by atoms with van der Waals surface area (Å²) in [6.45, 7) is 5.66. The number of nitrogens with zero attached hydrogens (tertiary/aromatic N) is 1. The number of nitrogens with one attached hydrogen (secondary N) is 1. The van der Waals surface area contributed by atoms with Crippen LogP contribution < -0.4 is 5.32 Å². The maximum atomic E-state index is 9.54. The molecule has 1 saturated carbocycles. The second-order valence-electron chi connectivity index (χ2n) is 6.67. The van der Waals surface area contributed by atoms with Crippen LogP contribution >= 0.6 is 0 Å². The van der Waals surface area contributed by atoms with Gasteiger partial charge in [0.2, 0.25) is 0 Å². The number of piperazine rings is 1. The molecule has 1 aliphatic carbocycles. The lowest BCUT2D eigenvalue weighted by atomic mass is 9.77. The summed E-state index contributed by atoms with van der Waals surface area (Å²) in [5, 5.41) is 13.2. The van der Waals surface area contributed by atoms with Crippen molar-refractivity contribution < 1.29 is 5.11 Å². The summed E-state index contributed by atoms with van der Waals surface area (Å²) in [5.41, 5.74) is 1.71. The molecule has 3 heteroatoms. The van der Waals surface area contributed by atoms with E-state index < -0.39 is 0 Å². The van der Waals surface area contributed by atoms with E-state index in [1.807, 2.05) is 12.1 Å². The van der Waals surface area contributed by atoms with Crippen LogP contribution in [0.4, 0.5) is 0 Å². The largest absolute Gasteiger partial charge is 0.508 e. The van der Waals surface area contributed by atoms with Crippen molar-refractivity contribution in [3.63, 3.8) is 0 Å². The lowest BCUT2D eigenvalue weighted by Crippen LogP contribution is -2.62. The van der Waals surface area contributed by atoms with Crippen molar-refractivity contribution in [1.82, 2.24) is 10.2 Å². The fourth-order valence-electron chi connectivity index (χ4n) is 4.35. The predicted octanol–water partition coefficient (Wildman–Crippen LogP) is 3.45. The van der Waals surface area contributed by atoms with E-state index in [9.17, 15) is 5.11 Å². The van der Waals surface area contributed by atoms with Gasteiger partial charge in [0.25, 0.3) is 0 Å². The highest BCUT2D eigenvalue weighted by molar-refractivity contribution is 5.28. The highest BCUT2D eigenvalue weighted by atomic mass is 16.3. The summed E-state index contributed by atoms with van der Waals surface area (Å²) in [6, 6.07) is 8.33. The third-order valence-electron chi connectivity index (χ3n) is 5.42. The Hall–Kier alpha value is -1.06. The molecule has 2 fully saturated rings. The molecular formula is C18H28N2O. The van der Waals surface area contributed by atoms with Gasteiger partial charge in [0.1, 0.15) is 5.75 Å². The van der Waals surface area contributed by atoms with Crippen LogP contribution in [-0.4, -0.2) is 35.2 Å². The normalized spacial score (nSPS) is 24.0. The molecule has 1 atom stereocenters. The number of aromatic hydroxyl groups is 1. The highest BCUT2D eigenvalue weighted by Gasteiger charge is 2.42. The van der Waals surface area contributed by atoms with Gasteiger partial charge in [-0.05, 0) is 37.0 Å². The van der Waals surface area contributed by atoms with E-state index in [4.69, 9.17) is 0 Å². The Balaban J connectivity index is 1.88. The number of hydrogen-bond donors (Lipinski definition) is 2. The molecule has 1 aliphatic heterocycles. The van der Waals surface area contributed by atoms with Gasteiger partial charge in [0.05, 0.1) is 0 Å². The summed E-state index contributed by atoms with van der Waals surface area (Å²) in [5.74, 6) is 0.362. The molecule has 2 aliphatic rings. The van der Waals surface area contributed by atoms with Crippen molar-refractivity contribution in [2.45, 2.75) is 57.0 Å². The van der Waals surface area contributed by atoms with Gasteiger partial charge in [-0.25, -0.2) is 0 Å². The van der Waals surface area contributed by atoms with Crippen LogP contribution in [-0.2, 0) is 0 Å². The van der Waals surface area contributed by atoms with Crippen molar-refractivity contribution in [3.8, 4) is 5.75 Å². The summed E-state index contributed by atoms with van der Waals surface area (Å²) >= 11 is 0. The summed E-state index contributed by atoms with van der Waals surface area (Å²) < 4.78 is 0. The van der Waals surface area contributed by atoms with E-state index in [2.05, 4.69) is 29.3 Å². The second kappa shape index (κ2) is 6.37. The van der Waals surface area contributed by atoms with E-state index in [1.165, 1.54) is 37.7 Å². The van der Waals surface area contributed by atoms with Crippen molar-refractivity contribution in [2.75, 3.05) is 19.6 Å². The molecular weight excluding hydrogens is 260 g/mol. The first-order chi connectivity index (χ1) is 10.2. The van der Waals surface area contributed by atoms with E-state index in [0.29, 0.717) is 17.3 Å². The third-order valence-corrected chi connectivity index (χ3v) is 5.42. The van der Waals surface area contributed by atoms with Crippen molar-refractivity contribution >= 4 is 0 Å². The number of hydrogen-bond acceptors (Lipinski definition) is 3. The average molecular weight is 288 g/mol. The summed E-state index contributed by atoms with van der Waals surface area (Å²) in [7, 11) is 0. The van der Waals surface area contributed by atoms with Gasteiger partial charge in [0, 0.05) is 31.2 Å². The van der Waals surface area contributed by atoms with Crippen LogP contribution in [0.1, 0.15) is 57.1 Å². The van der Waals surface area contributed by atoms with Gasteiger partial charge in [-0.3, -0.25) is 4.90 Å². The quantitative estimate of drug-likeness (QED) is 0.894. The molecule has 1 aromatic carbocycles. The van der Waals surface area contributed by atoms with Crippen molar-refractivity contribution in [1.29, 1.82) is 0 Å². The Labute approximate surface area is 128 Å². The van der Waals surface area contributed by atoms with E-state index in [0.717, 1.165) is 26.1 Å². The number of rotatable bonds is 3. The van der Waals surface area contributed by atoms with Crippen molar-refractivity contribution in [2.24, 2.45) is 0 Å². The minimum absolute atomic E-state index is 0.356. The molecule has 1 spiro atoms. The average Bonchev–Trinajstić information content (AvgIpc) is 2.52. The Morgan fingerprint density at radius 3 is 2.57 bits per heavy atom. The van der Waals surface area contributed by atoms with E-state index in [1.54, 1.807) is 0 Å². The molecule has 116 valence electrons. The molecule has 21 heavy (non-hydrogen) atoms. The molecule has 1 unspecified atom stereocenters. The Bertz CT molecular complexity index is 443. The van der Waals surface area contributed by atoms with Crippen LogP contribution in [0, 0.1) is 0 Å².